The quantitative estimate of drug-likeness (QED) is 0.803. The summed E-state index contributed by atoms with van der Waals surface area (Å²) >= 11 is 0. The number of hydrogen-bond donors (Lipinski definition) is 1. The van der Waals surface area contributed by atoms with E-state index < -0.39 is 27.8 Å². The predicted molar refractivity (Wildman–Crippen MR) is 111 cm³/mol. The summed E-state index contributed by atoms with van der Waals surface area (Å²) in [5.41, 5.74) is 1.01. The number of sulfonamides is 1. The number of ether oxygens (including phenoxy) is 1. The average Bonchev–Trinajstić information content (AvgIpc) is 3.11. The van der Waals surface area contributed by atoms with Gasteiger partial charge in [0.25, 0.3) is 0 Å². The molecule has 1 fully saturated rings. The van der Waals surface area contributed by atoms with E-state index in [1.807, 2.05) is 6.92 Å². The number of amides is 1. The molecule has 1 amide bonds. The molecule has 1 aromatic carbocycles. The summed E-state index contributed by atoms with van der Waals surface area (Å²) in [5, 5.41) is 2.67. The lowest BCUT2D eigenvalue weighted by atomic mass is 10.1. The summed E-state index contributed by atoms with van der Waals surface area (Å²) in [6.07, 6.45) is 2.32. The van der Waals surface area contributed by atoms with Gasteiger partial charge in [-0.3, -0.25) is 5.32 Å². The number of aromatic nitrogens is 1. The molecule has 2 heterocycles. The number of nitrogens with zero attached hydrogens (tertiary/aromatic N) is 2. The van der Waals surface area contributed by atoms with Crippen molar-refractivity contribution in [3.8, 4) is 0 Å². The first-order valence-electron chi connectivity index (χ1n) is 9.61. The maximum Gasteiger partial charge on any atom is 0.413 e. The molecule has 0 spiro atoms. The van der Waals surface area contributed by atoms with E-state index in [0.717, 1.165) is 12.0 Å². The Hall–Kier alpha value is -2.45. The smallest absolute Gasteiger partial charge is 0.413 e. The highest BCUT2D eigenvalue weighted by molar-refractivity contribution is 7.89. The van der Waals surface area contributed by atoms with Crippen molar-refractivity contribution in [2.24, 2.45) is 0 Å². The van der Waals surface area contributed by atoms with Crippen LogP contribution in [0.15, 0.2) is 47.5 Å². The van der Waals surface area contributed by atoms with Crippen molar-refractivity contribution in [2.45, 2.75) is 57.1 Å². The van der Waals surface area contributed by atoms with E-state index in [9.17, 15) is 13.2 Å². The van der Waals surface area contributed by atoms with E-state index in [1.165, 1.54) is 4.31 Å². The Morgan fingerprint density at radius 3 is 2.55 bits per heavy atom. The predicted octanol–water partition coefficient (Wildman–Crippen LogP) is 4.26. The average molecular weight is 418 g/mol. The van der Waals surface area contributed by atoms with Gasteiger partial charge in [0.2, 0.25) is 10.0 Å². The minimum atomic E-state index is -3.67. The maximum absolute atomic E-state index is 13.2. The molecule has 7 nitrogen and oxygen atoms in total. The van der Waals surface area contributed by atoms with E-state index in [4.69, 9.17) is 4.74 Å². The number of pyridine rings is 1. The molecule has 1 aliphatic heterocycles. The van der Waals surface area contributed by atoms with Crippen LogP contribution in [0.5, 0.6) is 0 Å². The summed E-state index contributed by atoms with van der Waals surface area (Å²) in [6.45, 7) is 7.66. The van der Waals surface area contributed by atoms with Crippen molar-refractivity contribution >= 4 is 21.9 Å². The topological polar surface area (TPSA) is 88.6 Å². The van der Waals surface area contributed by atoms with Gasteiger partial charge in [-0.25, -0.2) is 18.2 Å². The van der Waals surface area contributed by atoms with Gasteiger partial charge in [-0.05, 0) is 58.7 Å². The lowest BCUT2D eigenvalue weighted by Crippen LogP contribution is -2.32. The first-order chi connectivity index (χ1) is 13.6. The van der Waals surface area contributed by atoms with Crippen LogP contribution in [0, 0.1) is 6.92 Å². The van der Waals surface area contributed by atoms with Gasteiger partial charge in [-0.2, -0.15) is 4.31 Å². The molecule has 8 heteroatoms. The van der Waals surface area contributed by atoms with Crippen molar-refractivity contribution in [3.63, 3.8) is 0 Å². The molecule has 3 rings (SSSR count). The SMILES string of the molecule is Cc1ccc(S(=O)(=O)N2CCCC2c2cccnc2NC(=O)OC(C)(C)C)cc1. The lowest BCUT2D eigenvalue weighted by molar-refractivity contribution is 0.0635. The van der Waals surface area contributed by atoms with Gasteiger partial charge in [0.15, 0.2) is 0 Å². The fourth-order valence-electron chi connectivity index (χ4n) is 3.38. The van der Waals surface area contributed by atoms with Crippen molar-refractivity contribution in [2.75, 3.05) is 11.9 Å². The number of rotatable bonds is 4. The minimum Gasteiger partial charge on any atom is -0.444 e. The Morgan fingerprint density at radius 2 is 1.90 bits per heavy atom. The summed E-state index contributed by atoms with van der Waals surface area (Å²) in [6, 6.07) is 9.97. The van der Waals surface area contributed by atoms with Gasteiger partial charge in [-0.1, -0.05) is 23.8 Å². The van der Waals surface area contributed by atoms with Gasteiger partial charge < -0.3 is 4.74 Å². The molecular formula is C21H27N3O4S. The molecule has 1 atom stereocenters. The molecule has 29 heavy (non-hydrogen) atoms. The molecule has 1 N–H and O–H groups in total. The van der Waals surface area contributed by atoms with Crippen LogP contribution < -0.4 is 5.32 Å². The van der Waals surface area contributed by atoms with Gasteiger partial charge in [0.1, 0.15) is 11.4 Å². The standard InChI is InChI=1S/C21H27N3O4S/c1-15-9-11-16(12-10-15)29(26,27)24-14-6-8-18(24)17-7-5-13-22-19(17)23-20(25)28-21(2,3)4/h5,7,9-13,18H,6,8,14H2,1-4H3,(H,22,23,25). The van der Waals surface area contributed by atoms with Crippen molar-refractivity contribution in [1.29, 1.82) is 0 Å². The van der Waals surface area contributed by atoms with Crippen molar-refractivity contribution in [3.05, 3.63) is 53.7 Å². The summed E-state index contributed by atoms with van der Waals surface area (Å²) in [4.78, 5) is 16.7. The third-order valence-corrected chi connectivity index (χ3v) is 6.57. The van der Waals surface area contributed by atoms with Crippen LogP contribution in [0.25, 0.3) is 0 Å². The van der Waals surface area contributed by atoms with Crippen LogP contribution in [-0.2, 0) is 14.8 Å². The van der Waals surface area contributed by atoms with Gasteiger partial charge >= 0.3 is 6.09 Å². The molecule has 156 valence electrons. The summed E-state index contributed by atoms with van der Waals surface area (Å²) in [7, 11) is -3.67. The molecular weight excluding hydrogens is 390 g/mol. The number of carbonyl (C=O) groups is 1. The second-order valence-electron chi connectivity index (χ2n) is 8.15. The lowest BCUT2D eigenvalue weighted by Gasteiger charge is -2.26. The van der Waals surface area contributed by atoms with E-state index in [1.54, 1.807) is 63.4 Å². The first-order valence-corrected chi connectivity index (χ1v) is 11.1. The van der Waals surface area contributed by atoms with Gasteiger partial charge in [-0.15, -0.1) is 0 Å². The highest BCUT2D eigenvalue weighted by Crippen LogP contribution is 2.39. The van der Waals surface area contributed by atoms with Crippen LogP contribution in [-0.4, -0.2) is 35.9 Å². The highest BCUT2D eigenvalue weighted by atomic mass is 32.2. The fourth-order valence-corrected chi connectivity index (χ4v) is 5.05. The molecule has 1 aliphatic rings. The third kappa shape index (κ3) is 4.94. The van der Waals surface area contributed by atoms with Crippen molar-refractivity contribution < 1.29 is 17.9 Å². The monoisotopic (exact) mass is 417 g/mol. The zero-order valence-electron chi connectivity index (χ0n) is 17.2. The van der Waals surface area contributed by atoms with Crippen LogP contribution >= 0.6 is 0 Å². The number of carbonyl (C=O) groups excluding carboxylic acids is 1. The second-order valence-corrected chi connectivity index (χ2v) is 10.0. The van der Waals surface area contributed by atoms with Crippen LogP contribution in [0.1, 0.15) is 50.8 Å². The van der Waals surface area contributed by atoms with E-state index >= 15 is 0 Å². The normalized spacial score (nSPS) is 17.9. The third-order valence-electron chi connectivity index (χ3n) is 4.65. The number of benzene rings is 1. The van der Waals surface area contributed by atoms with E-state index in [-0.39, 0.29) is 4.90 Å². The van der Waals surface area contributed by atoms with Gasteiger partial charge in [0.05, 0.1) is 10.9 Å². The molecule has 0 saturated carbocycles. The van der Waals surface area contributed by atoms with E-state index in [0.29, 0.717) is 24.3 Å². The van der Waals surface area contributed by atoms with Crippen LogP contribution in [0.4, 0.5) is 10.6 Å². The zero-order chi connectivity index (χ0) is 21.2. The number of anilines is 1. The zero-order valence-corrected chi connectivity index (χ0v) is 18.0. The molecule has 1 saturated heterocycles. The Kier molecular flexibility index (Phi) is 5.95. The molecule has 0 radical (unpaired) electrons. The first kappa shape index (κ1) is 21.3. The van der Waals surface area contributed by atoms with Crippen LogP contribution in [0.2, 0.25) is 0 Å². The van der Waals surface area contributed by atoms with Crippen molar-refractivity contribution in [1.82, 2.24) is 9.29 Å². The Balaban J connectivity index is 1.90. The molecule has 0 aliphatic carbocycles. The Morgan fingerprint density at radius 1 is 1.21 bits per heavy atom. The fraction of sp³-hybridized carbons (Fsp3) is 0.429. The van der Waals surface area contributed by atoms with E-state index in [2.05, 4.69) is 10.3 Å². The maximum atomic E-state index is 13.2. The Bertz CT molecular complexity index is 982. The molecule has 0 bridgehead atoms. The highest BCUT2D eigenvalue weighted by Gasteiger charge is 2.37. The number of aryl methyl sites for hydroxylation is 1. The van der Waals surface area contributed by atoms with Crippen LogP contribution in [0.3, 0.4) is 0 Å². The summed E-state index contributed by atoms with van der Waals surface area (Å²) < 4.78 is 33.3. The van der Waals surface area contributed by atoms with Gasteiger partial charge in [0, 0.05) is 18.3 Å². The minimum absolute atomic E-state index is 0.264. The second kappa shape index (κ2) is 8.12. The number of hydrogen-bond acceptors (Lipinski definition) is 5. The molecule has 1 unspecified atom stereocenters. The molecule has 1 aromatic heterocycles. The largest absolute Gasteiger partial charge is 0.444 e. The Labute approximate surface area is 172 Å². The molecule has 2 aromatic rings. The summed E-state index contributed by atoms with van der Waals surface area (Å²) in [5.74, 6) is 0.317. The number of nitrogens with one attached hydrogen (secondary N) is 1.